The second-order valence-electron chi connectivity index (χ2n) is 2.29. The van der Waals surface area contributed by atoms with Crippen molar-refractivity contribution < 1.29 is 0 Å². The molecule has 2 heteroatoms. The predicted octanol–water partition coefficient (Wildman–Crippen LogP) is 2.24. The van der Waals surface area contributed by atoms with Crippen LogP contribution in [-0.4, -0.2) is 6.54 Å². The number of nitrogens with zero attached hydrogens (tertiary/aromatic N) is 2. The van der Waals surface area contributed by atoms with E-state index in [1.165, 1.54) is 0 Å². The summed E-state index contributed by atoms with van der Waals surface area (Å²) in [6.07, 6.45) is 2.72. The third kappa shape index (κ3) is 3.92. The summed E-state index contributed by atoms with van der Waals surface area (Å²) in [6.45, 7) is 9.07. The van der Waals surface area contributed by atoms with Crippen molar-refractivity contribution in [2.75, 3.05) is 6.54 Å². The van der Waals surface area contributed by atoms with E-state index in [1.807, 2.05) is 0 Å². The lowest BCUT2D eigenvalue weighted by Gasteiger charge is -2.00. The molecule has 0 aliphatic rings. The van der Waals surface area contributed by atoms with E-state index in [4.69, 9.17) is 11.8 Å². The first-order chi connectivity index (χ1) is 4.85. The summed E-state index contributed by atoms with van der Waals surface area (Å²) in [6, 6.07) is 2.19. The summed E-state index contributed by atoms with van der Waals surface area (Å²) >= 11 is 0. The van der Waals surface area contributed by atoms with Crippen molar-refractivity contribution in [1.29, 1.82) is 5.26 Å². The van der Waals surface area contributed by atoms with Gasteiger partial charge in [0.15, 0.2) is 0 Å². The minimum atomic E-state index is 0.110. The SMILES string of the molecule is [C-]#[N+]CCC(C#N)CCC. The topological polar surface area (TPSA) is 28.1 Å². The summed E-state index contributed by atoms with van der Waals surface area (Å²) < 4.78 is 0. The van der Waals surface area contributed by atoms with Crippen LogP contribution >= 0.6 is 0 Å². The zero-order chi connectivity index (χ0) is 7.82. The molecule has 0 saturated heterocycles. The van der Waals surface area contributed by atoms with Crippen LogP contribution in [0.25, 0.3) is 4.85 Å². The summed E-state index contributed by atoms with van der Waals surface area (Å²) in [5, 5.41) is 8.53. The van der Waals surface area contributed by atoms with E-state index < -0.39 is 0 Å². The van der Waals surface area contributed by atoms with Crippen molar-refractivity contribution in [3.05, 3.63) is 11.4 Å². The van der Waals surface area contributed by atoms with E-state index in [0.29, 0.717) is 6.54 Å². The number of nitriles is 1. The fourth-order valence-electron chi connectivity index (χ4n) is 0.842. The standard InChI is InChI=1S/C8H12N2/c1-3-4-8(7-9)5-6-10-2/h8H,3-6H2,1H3. The Labute approximate surface area is 62.3 Å². The fourth-order valence-corrected chi connectivity index (χ4v) is 0.842. The highest BCUT2D eigenvalue weighted by molar-refractivity contribution is 4.83. The Bertz CT molecular complexity index is 150. The van der Waals surface area contributed by atoms with Gasteiger partial charge in [0.25, 0.3) is 0 Å². The van der Waals surface area contributed by atoms with Crippen molar-refractivity contribution >= 4 is 0 Å². The third-order valence-corrected chi connectivity index (χ3v) is 1.41. The molecule has 54 valence electrons. The van der Waals surface area contributed by atoms with Gasteiger partial charge in [-0.05, 0) is 6.42 Å². The summed E-state index contributed by atoms with van der Waals surface area (Å²) in [5.41, 5.74) is 0. The van der Waals surface area contributed by atoms with Crippen LogP contribution in [0.5, 0.6) is 0 Å². The first-order valence-electron chi connectivity index (χ1n) is 3.58. The highest BCUT2D eigenvalue weighted by Gasteiger charge is 2.05. The van der Waals surface area contributed by atoms with Crippen LogP contribution in [0.3, 0.4) is 0 Å². The van der Waals surface area contributed by atoms with Crippen LogP contribution in [-0.2, 0) is 0 Å². The van der Waals surface area contributed by atoms with Gasteiger partial charge in [0.2, 0.25) is 6.54 Å². The number of rotatable bonds is 4. The molecule has 0 rings (SSSR count). The Kier molecular flexibility index (Phi) is 5.48. The van der Waals surface area contributed by atoms with E-state index in [2.05, 4.69) is 17.8 Å². The lowest BCUT2D eigenvalue weighted by molar-refractivity contribution is 0.569. The zero-order valence-corrected chi connectivity index (χ0v) is 6.30. The maximum Gasteiger partial charge on any atom is 0.215 e. The van der Waals surface area contributed by atoms with Crippen LogP contribution in [0.1, 0.15) is 26.2 Å². The highest BCUT2D eigenvalue weighted by Crippen LogP contribution is 2.09. The van der Waals surface area contributed by atoms with Gasteiger partial charge < -0.3 is 4.85 Å². The van der Waals surface area contributed by atoms with Gasteiger partial charge in [-0.3, -0.25) is 0 Å². The minimum absolute atomic E-state index is 0.110. The maximum atomic E-state index is 8.53. The normalized spacial score (nSPS) is 11.5. The van der Waals surface area contributed by atoms with E-state index in [-0.39, 0.29) is 5.92 Å². The lowest BCUT2D eigenvalue weighted by atomic mass is 10.0. The molecule has 0 bridgehead atoms. The van der Waals surface area contributed by atoms with Crippen molar-refractivity contribution in [3.63, 3.8) is 0 Å². The van der Waals surface area contributed by atoms with E-state index in [9.17, 15) is 0 Å². The van der Waals surface area contributed by atoms with Crippen molar-refractivity contribution in [1.82, 2.24) is 0 Å². The Morgan fingerprint density at radius 2 is 2.30 bits per heavy atom. The monoisotopic (exact) mass is 136 g/mol. The molecule has 0 radical (unpaired) electrons. The molecule has 2 nitrogen and oxygen atoms in total. The highest BCUT2D eigenvalue weighted by atomic mass is 14.6. The third-order valence-electron chi connectivity index (χ3n) is 1.41. The number of hydrogen-bond acceptors (Lipinski definition) is 1. The van der Waals surface area contributed by atoms with Crippen LogP contribution in [0.4, 0.5) is 0 Å². The summed E-state index contributed by atoms with van der Waals surface area (Å²) in [5.74, 6) is 0.110. The molecular weight excluding hydrogens is 124 g/mol. The zero-order valence-electron chi connectivity index (χ0n) is 6.30. The van der Waals surface area contributed by atoms with Crippen LogP contribution in [0.15, 0.2) is 0 Å². The Balaban J connectivity index is 3.45. The molecule has 0 aliphatic carbocycles. The molecule has 0 aromatic rings. The first-order valence-corrected chi connectivity index (χ1v) is 3.58. The molecule has 0 fully saturated rings. The van der Waals surface area contributed by atoms with Gasteiger partial charge in [0, 0.05) is 6.42 Å². The Hall–Kier alpha value is -1.02. The van der Waals surface area contributed by atoms with E-state index in [1.54, 1.807) is 0 Å². The van der Waals surface area contributed by atoms with Crippen LogP contribution < -0.4 is 0 Å². The second kappa shape index (κ2) is 6.11. The fraction of sp³-hybridized carbons (Fsp3) is 0.750. The van der Waals surface area contributed by atoms with Crippen LogP contribution in [0, 0.1) is 23.8 Å². The van der Waals surface area contributed by atoms with Gasteiger partial charge in [-0.1, -0.05) is 13.3 Å². The predicted molar refractivity (Wildman–Crippen MR) is 40.1 cm³/mol. The van der Waals surface area contributed by atoms with Crippen molar-refractivity contribution in [2.45, 2.75) is 26.2 Å². The molecule has 0 aromatic heterocycles. The molecule has 0 N–H and O–H groups in total. The van der Waals surface area contributed by atoms with Gasteiger partial charge in [-0.15, -0.1) is 0 Å². The molecule has 0 aromatic carbocycles. The van der Waals surface area contributed by atoms with Gasteiger partial charge in [-0.2, -0.15) is 5.26 Å². The van der Waals surface area contributed by atoms with Gasteiger partial charge in [0.1, 0.15) is 0 Å². The average molecular weight is 136 g/mol. The number of hydrogen-bond donors (Lipinski definition) is 0. The molecule has 0 spiro atoms. The van der Waals surface area contributed by atoms with E-state index in [0.717, 1.165) is 19.3 Å². The molecule has 0 saturated carbocycles. The maximum absolute atomic E-state index is 8.53. The Morgan fingerprint density at radius 1 is 1.60 bits per heavy atom. The first kappa shape index (κ1) is 8.98. The summed E-state index contributed by atoms with van der Waals surface area (Å²) in [4.78, 5) is 3.20. The molecule has 0 amide bonds. The summed E-state index contributed by atoms with van der Waals surface area (Å²) in [7, 11) is 0. The Morgan fingerprint density at radius 3 is 2.70 bits per heavy atom. The molecular formula is C8H12N2. The smallest absolute Gasteiger partial charge is 0.215 e. The van der Waals surface area contributed by atoms with Gasteiger partial charge in [-0.25, -0.2) is 6.57 Å². The second-order valence-corrected chi connectivity index (χ2v) is 2.29. The van der Waals surface area contributed by atoms with Crippen LogP contribution in [0.2, 0.25) is 0 Å². The molecule has 0 heterocycles. The average Bonchev–Trinajstić information content (AvgIpc) is 1.98. The van der Waals surface area contributed by atoms with Gasteiger partial charge >= 0.3 is 0 Å². The van der Waals surface area contributed by atoms with Crippen molar-refractivity contribution in [3.8, 4) is 6.07 Å². The molecule has 10 heavy (non-hydrogen) atoms. The van der Waals surface area contributed by atoms with Crippen molar-refractivity contribution in [2.24, 2.45) is 5.92 Å². The van der Waals surface area contributed by atoms with E-state index >= 15 is 0 Å². The molecule has 0 aliphatic heterocycles. The molecule has 1 atom stereocenters. The van der Waals surface area contributed by atoms with Gasteiger partial charge in [0.05, 0.1) is 12.0 Å². The molecule has 1 unspecified atom stereocenters. The lowest BCUT2D eigenvalue weighted by Crippen LogP contribution is -1.97. The largest absolute Gasteiger partial charge is 0.317 e. The minimum Gasteiger partial charge on any atom is -0.317 e. The quantitative estimate of drug-likeness (QED) is 0.545.